The van der Waals surface area contributed by atoms with Gasteiger partial charge in [0.25, 0.3) is 0 Å². The molecular weight excluding hydrogens is 254 g/mol. The first-order valence-corrected chi connectivity index (χ1v) is 6.96. The Hall–Kier alpha value is -0.285. The summed E-state index contributed by atoms with van der Waals surface area (Å²) in [6.45, 7) is 3.00. The van der Waals surface area contributed by atoms with E-state index in [0.717, 1.165) is 23.9 Å². The van der Waals surface area contributed by atoms with Gasteiger partial charge in [0.15, 0.2) is 5.76 Å². The molecule has 2 rings (SSSR count). The monoisotopic (exact) mass is 275 g/mol. The summed E-state index contributed by atoms with van der Waals surface area (Å²) in [5.41, 5.74) is 1.04. The summed E-state index contributed by atoms with van der Waals surface area (Å²) in [6.07, 6.45) is 9.97. The Bertz CT molecular complexity index is 282. The summed E-state index contributed by atoms with van der Waals surface area (Å²) in [7, 11) is 0. The van der Waals surface area contributed by atoms with Crippen LogP contribution in [-0.2, 0) is 0 Å². The molecule has 1 aromatic heterocycles. The number of halogens is 1. The fraction of sp³-hybridized carbons (Fsp3) is 0.727. The van der Waals surface area contributed by atoms with Crippen molar-refractivity contribution >= 4 is 38.3 Å². The zero-order valence-corrected chi connectivity index (χ0v) is 12.4. The zero-order chi connectivity index (χ0) is 11.1. The average Bonchev–Trinajstić information content (AvgIpc) is 2.51. The van der Waals surface area contributed by atoms with Crippen LogP contribution in [0.5, 0.6) is 0 Å². The van der Waals surface area contributed by atoms with E-state index >= 15 is 0 Å². The molecule has 1 aliphatic rings. The van der Waals surface area contributed by atoms with Gasteiger partial charge in [-0.3, -0.25) is 0 Å². The number of nitrogens with zero attached hydrogens (tertiary/aromatic N) is 1. The normalized spacial score (nSPS) is 13.4. The fourth-order valence-corrected chi connectivity index (χ4v) is 1.42. The summed E-state index contributed by atoms with van der Waals surface area (Å²) >= 11 is 1.75. The van der Waals surface area contributed by atoms with Crippen LogP contribution in [0.3, 0.4) is 0 Å². The molecule has 1 N–H and O–H groups in total. The molecule has 17 heavy (non-hydrogen) atoms. The Morgan fingerprint density at radius 3 is 2.41 bits per heavy atom. The summed E-state index contributed by atoms with van der Waals surface area (Å²) in [4.78, 5) is 0. The quantitative estimate of drug-likeness (QED) is 0.860. The van der Waals surface area contributed by atoms with Gasteiger partial charge in [0.2, 0.25) is 0 Å². The Morgan fingerprint density at radius 2 is 2.06 bits per heavy atom. The zero-order valence-electron chi connectivity index (χ0n) is 10.7. The Kier molecular flexibility index (Phi) is 12.2. The number of hydrogen-bond acceptors (Lipinski definition) is 4. The van der Waals surface area contributed by atoms with Crippen LogP contribution in [0.4, 0.5) is 5.69 Å². The van der Waals surface area contributed by atoms with E-state index in [2.05, 4.69) is 10.5 Å². The van der Waals surface area contributed by atoms with Gasteiger partial charge >= 0.3 is 0 Å². The van der Waals surface area contributed by atoms with E-state index in [1.807, 2.05) is 19.4 Å². The lowest BCUT2D eigenvalue weighted by Crippen LogP contribution is -2.20. The third-order valence-corrected chi connectivity index (χ3v) is 2.56. The molecule has 97 valence electrons. The van der Waals surface area contributed by atoms with Gasteiger partial charge in [0.05, 0.1) is 11.9 Å². The number of rotatable bonds is 3. The average molecular weight is 276 g/mol. The van der Waals surface area contributed by atoms with Crippen LogP contribution in [0.2, 0.25) is 0 Å². The van der Waals surface area contributed by atoms with Crippen molar-refractivity contribution in [2.45, 2.75) is 26.2 Å². The lowest BCUT2D eigenvalue weighted by Gasteiger charge is -2.25. The van der Waals surface area contributed by atoms with E-state index in [9.17, 15) is 0 Å². The number of thioether (sulfide) groups is 1. The fourth-order valence-electron chi connectivity index (χ4n) is 1.42. The molecule has 0 atom stereocenters. The molecule has 1 aromatic rings. The molecule has 0 saturated heterocycles. The SMILES string of the molecule is CSC.Cc1oncc1NCC1CCC1.Cl.[B]. The molecular formula is C11H21BClN2OS. The summed E-state index contributed by atoms with van der Waals surface area (Å²) in [5, 5.41) is 7.04. The van der Waals surface area contributed by atoms with Crippen LogP contribution in [0, 0.1) is 12.8 Å². The van der Waals surface area contributed by atoms with Gasteiger partial charge in [0, 0.05) is 15.0 Å². The predicted molar refractivity (Wildman–Crippen MR) is 79.5 cm³/mol. The molecule has 1 fully saturated rings. The molecule has 0 unspecified atom stereocenters. The number of aryl methyl sites for hydroxylation is 1. The van der Waals surface area contributed by atoms with Crippen LogP contribution in [0.25, 0.3) is 0 Å². The highest BCUT2D eigenvalue weighted by molar-refractivity contribution is 7.97. The van der Waals surface area contributed by atoms with Crippen LogP contribution in [-0.4, -0.2) is 32.6 Å². The maximum atomic E-state index is 4.94. The van der Waals surface area contributed by atoms with E-state index in [0.29, 0.717) is 0 Å². The largest absolute Gasteiger partial charge is 0.381 e. The van der Waals surface area contributed by atoms with E-state index in [1.165, 1.54) is 19.3 Å². The molecule has 3 nitrogen and oxygen atoms in total. The predicted octanol–water partition coefficient (Wildman–Crippen LogP) is 3.22. The molecule has 0 aliphatic heterocycles. The number of anilines is 1. The maximum absolute atomic E-state index is 4.94. The Labute approximate surface area is 116 Å². The highest BCUT2D eigenvalue weighted by atomic mass is 35.5. The van der Waals surface area contributed by atoms with Gasteiger partial charge in [-0.05, 0) is 38.2 Å². The number of hydrogen-bond donors (Lipinski definition) is 1. The molecule has 0 spiro atoms. The van der Waals surface area contributed by atoms with E-state index in [4.69, 9.17) is 4.52 Å². The third kappa shape index (κ3) is 6.89. The minimum Gasteiger partial charge on any atom is -0.381 e. The summed E-state index contributed by atoms with van der Waals surface area (Å²) in [5.74, 6) is 1.76. The lowest BCUT2D eigenvalue weighted by atomic mass is 9.85. The second-order valence-electron chi connectivity index (χ2n) is 3.88. The highest BCUT2D eigenvalue weighted by Crippen LogP contribution is 2.26. The van der Waals surface area contributed by atoms with Crippen LogP contribution < -0.4 is 5.32 Å². The van der Waals surface area contributed by atoms with Crippen molar-refractivity contribution in [3.63, 3.8) is 0 Å². The summed E-state index contributed by atoms with van der Waals surface area (Å²) in [6, 6.07) is 0. The molecule has 3 radical (unpaired) electrons. The summed E-state index contributed by atoms with van der Waals surface area (Å²) < 4.78 is 4.94. The molecule has 1 aliphatic carbocycles. The molecule has 0 bridgehead atoms. The van der Waals surface area contributed by atoms with Crippen LogP contribution >= 0.6 is 24.2 Å². The Morgan fingerprint density at radius 1 is 1.47 bits per heavy atom. The molecule has 1 saturated carbocycles. The van der Waals surface area contributed by atoms with Crippen molar-refractivity contribution in [2.24, 2.45) is 5.92 Å². The van der Waals surface area contributed by atoms with Gasteiger partial charge in [-0.2, -0.15) is 11.8 Å². The molecule has 0 aromatic carbocycles. The standard InChI is InChI=1S/C9H14N2O.C2H6S.B.ClH/c1-7-9(6-11-12-7)10-5-8-3-2-4-8;1-3-2;;/h6,8,10H,2-5H2,1H3;1-2H3;;1H. The minimum atomic E-state index is 0. The van der Waals surface area contributed by atoms with Gasteiger partial charge in [-0.15, -0.1) is 12.4 Å². The second kappa shape index (κ2) is 10.8. The van der Waals surface area contributed by atoms with Gasteiger partial charge in [-0.1, -0.05) is 11.6 Å². The van der Waals surface area contributed by atoms with E-state index in [1.54, 1.807) is 18.0 Å². The van der Waals surface area contributed by atoms with E-state index < -0.39 is 0 Å². The van der Waals surface area contributed by atoms with Gasteiger partial charge in [-0.25, -0.2) is 0 Å². The van der Waals surface area contributed by atoms with Crippen molar-refractivity contribution < 1.29 is 4.52 Å². The number of nitrogens with one attached hydrogen (secondary N) is 1. The minimum absolute atomic E-state index is 0. The maximum Gasteiger partial charge on any atom is 0.156 e. The van der Waals surface area contributed by atoms with Crippen LogP contribution in [0.15, 0.2) is 10.7 Å². The highest BCUT2D eigenvalue weighted by Gasteiger charge is 2.17. The van der Waals surface area contributed by atoms with Crippen molar-refractivity contribution in [3.05, 3.63) is 12.0 Å². The molecule has 1 heterocycles. The van der Waals surface area contributed by atoms with Crippen molar-refractivity contribution in [1.82, 2.24) is 5.16 Å². The van der Waals surface area contributed by atoms with Gasteiger partial charge < -0.3 is 9.84 Å². The van der Waals surface area contributed by atoms with E-state index in [-0.39, 0.29) is 20.8 Å². The molecule has 6 heteroatoms. The van der Waals surface area contributed by atoms with Crippen molar-refractivity contribution in [1.29, 1.82) is 0 Å². The first-order chi connectivity index (χ1) is 7.27. The lowest BCUT2D eigenvalue weighted by molar-refractivity contribution is 0.333. The first-order valence-electron chi connectivity index (χ1n) is 5.33. The van der Waals surface area contributed by atoms with Crippen molar-refractivity contribution in [3.8, 4) is 0 Å². The number of aromatic nitrogens is 1. The third-order valence-electron chi connectivity index (χ3n) is 2.56. The molecule has 0 amide bonds. The van der Waals surface area contributed by atoms with Crippen LogP contribution in [0.1, 0.15) is 25.0 Å². The smallest absolute Gasteiger partial charge is 0.156 e. The van der Waals surface area contributed by atoms with Crippen molar-refractivity contribution in [2.75, 3.05) is 24.4 Å². The second-order valence-corrected chi connectivity index (χ2v) is 4.70. The Balaban J connectivity index is 0. The topological polar surface area (TPSA) is 38.1 Å². The first kappa shape index (κ1) is 19.1. The van der Waals surface area contributed by atoms with Gasteiger partial charge in [0.1, 0.15) is 0 Å².